The Hall–Kier alpha value is -0.790. The first-order chi connectivity index (χ1) is 4.30. The standard InChI is InChI=1S/C7H12N2/c1-7(2)9-6-4-3-5-8-9/h3-5,7H,6H2,1-2H3. The Morgan fingerprint density at radius 2 is 2.33 bits per heavy atom. The van der Waals surface area contributed by atoms with Crippen LogP contribution in [-0.2, 0) is 0 Å². The van der Waals surface area contributed by atoms with Gasteiger partial charge in [-0.15, -0.1) is 0 Å². The topological polar surface area (TPSA) is 15.6 Å². The van der Waals surface area contributed by atoms with Crippen molar-refractivity contribution in [1.29, 1.82) is 0 Å². The Kier molecular flexibility index (Phi) is 1.88. The van der Waals surface area contributed by atoms with Crippen LogP contribution in [0.3, 0.4) is 0 Å². The zero-order valence-electron chi connectivity index (χ0n) is 5.91. The fourth-order valence-electron chi connectivity index (χ4n) is 0.745. The highest BCUT2D eigenvalue weighted by atomic mass is 15.5. The minimum atomic E-state index is 0.520. The average molecular weight is 124 g/mol. The van der Waals surface area contributed by atoms with E-state index >= 15 is 0 Å². The van der Waals surface area contributed by atoms with Gasteiger partial charge in [-0.2, -0.15) is 5.10 Å². The van der Waals surface area contributed by atoms with E-state index in [1.807, 2.05) is 17.3 Å². The van der Waals surface area contributed by atoms with Gasteiger partial charge in [-0.1, -0.05) is 6.08 Å². The van der Waals surface area contributed by atoms with Crippen LogP contribution in [-0.4, -0.2) is 23.8 Å². The summed E-state index contributed by atoms with van der Waals surface area (Å²) >= 11 is 0. The largest absolute Gasteiger partial charge is 0.291 e. The minimum Gasteiger partial charge on any atom is -0.291 e. The number of allylic oxidation sites excluding steroid dienone is 1. The molecule has 1 aliphatic heterocycles. The van der Waals surface area contributed by atoms with Gasteiger partial charge in [-0.3, -0.25) is 5.01 Å². The molecule has 2 heteroatoms. The molecule has 1 aliphatic rings. The first-order valence-corrected chi connectivity index (χ1v) is 3.26. The van der Waals surface area contributed by atoms with E-state index < -0.39 is 0 Å². The van der Waals surface area contributed by atoms with Crippen molar-refractivity contribution >= 4 is 6.21 Å². The van der Waals surface area contributed by atoms with Gasteiger partial charge in [0, 0.05) is 12.3 Å². The van der Waals surface area contributed by atoms with E-state index in [4.69, 9.17) is 0 Å². The lowest BCUT2D eigenvalue weighted by Crippen LogP contribution is -2.26. The molecule has 0 aromatic heterocycles. The molecule has 0 atom stereocenters. The lowest BCUT2D eigenvalue weighted by molar-refractivity contribution is 0.258. The molecule has 1 rings (SSSR count). The first kappa shape index (κ1) is 6.33. The molecule has 0 aromatic rings. The lowest BCUT2D eigenvalue weighted by atomic mass is 10.3. The van der Waals surface area contributed by atoms with Gasteiger partial charge in [0.25, 0.3) is 0 Å². The highest BCUT2D eigenvalue weighted by Gasteiger charge is 2.03. The van der Waals surface area contributed by atoms with Crippen LogP contribution in [0.4, 0.5) is 0 Å². The summed E-state index contributed by atoms with van der Waals surface area (Å²) in [7, 11) is 0. The molecule has 0 aromatic carbocycles. The van der Waals surface area contributed by atoms with Crippen LogP contribution in [0.5, 0.6) is 0 Å². The molecule has 0 amide bonds. The van der Waals surface area contributed by atoms with Gasteiger partial charge >= 0.3 is 0 Å². The monoisotopic (exact) mass is 124 g/mol. The molecule has 0 saturated carbocycles. The second-order valence-corrected chi connectivity index (χ2v) is 2.41. The second-order valence-electron chi connectivity index (χ2n) is 2.41. The van der Waals surface area contributed by atoms with E-state index in [1.54, 1.807) is 0 Å². The van der Waals surface area contributed by atoms with Gasteiger partial charge in [-0.05, 0) is 19.9 Å². The van der Waals surface area contributed by atoms with Crippen LogP contribution in [0.15, 0.2) is 17.3 Å². The maximum absolute atomic E-state index is 4.15. The molecule has 0 unspecified atom stereocenters. The molecule has 50 valence electrons. The van der Waals surface area contributed by atoms with E-state index in [9.17, 15) is 0 Å². The second kappa shape index (κ2) is 2.67. The van der Waals surface area contributed by atoms with Gasteiger partial charge in [0.05, 0.1) is 6.54 Å². The summed E-state index contributed by atoms with van der Waals surface area (Å²) in [5, 5.41) is 6.19. The van der Waals surface area contributed by atoms with Crippen molar-refractivity contribution in [2.75, 3.05) is 6.54 Å². The summed E-state index contributed by atoms with van der Waals surface area (Å²) in [5.41, 5.74) is 0. The van der Waals surface area contributed by atoms with Crippen LogP contribution in [0.2, 0.25) is 0 Å². The van der Waals surface area contributed by atoms with Crippen molar-refractivity contribution in [1.82, 2.24) is 5.01 Å². The molecule has 0 aliphatic carbocycles. The van der Waals surface area contributed by atoms with Crippen molar-refractivity contribution in [3.05, 3.63) is 12.2 Å². The van der Waals surface area contributed by atoms with E-state index in [2.05, 4.69) is 25.0 Å². The summed E-state index contributed by atoms with van der Waals surface area (Å²) in [6, 6.07) is 0.520. The van der Waals surface area contributed by atoms with E-state index in [1.165, 1.54) is 0 Å². The summed E-state index contributed by atoms with van der Waals surface area (Å²) in [4.78, 5) is 0. The maximum atomic E-state index is 4.15. The Bertz CT molecular complexity index is 136. The molecule has 1 heterocycles. The van der Waals surface area contributed by atoms with Crippen molar-refractivity contribution in [2.24, 2.45) is 5.10 Å². The van der Waals surface area contributed by atoms with Crippen molar-refractivity contribution in [3.8, 4) is 0 Å². The molecule has 0 saturated heterocycles. The van der Waals surface area contributed by atoms with Gasteiger partial charge < -0.3 is 0 Å². The van der Waals surface area contributed by atoms with Gasteiger partial charge in [0.2, 0.25) is 0 Å². The fraction of sp³-hybridized carbons (Fsp3) is 0.571. The Morgan fingerprint density at radius 3 is 2.67 bits per heavy atom. The number of hydrogen-bond acceptors (Lipinski definition) is 2. The third-order valence-electron chi connectivity index (χ3n) is 1.33. The van der Waals surface area contributed by atoms with Crippen LogP contribution in [0.1, 0.15) is 13.8 Å². The number of hydrazone groups is 1. The Labute approximate surface area is 55.9 Å². The molecular weight excluding hydrogens is 112 g/mol. The Morgan fingerprint density at radius 1 is 1.56 bits per heavy atom. The van der Waals surface area contributed by atoms with Gasteiger partial charge in [0.15, 0.2) is 0 Å². The molecule has 0 radical (unpaired) electrons. The highest BCUT2D eigenvalue weighted by molar-refractivity contribution is 5.71. The molecular formula is C7H12N2. The van der Waals surface area contributed by atoms with Gasteiger partial charge in [-0.25, -0.2) is 0 Å². The summed E-state index contributed by atoms with van der Waals surface area (Å²) in [6.07, 6.45) is 5.90. The maximum Gasteiger partial charge on any atom is 0.0547 e. The van der Waals surface area contributed by atoms with Crippen LogP contribution >= 0.6 is 0 Å². The summed E-state index contributed by atoms with van der Waals surface area (Å²) in [5.74, 6) is 0. The predicted molar refractivity (Wildman–Crippen MR) is 39.5 cm³/mol. The molecule has 0 N–H and O–H groups in total. The molecule has 0 fully saturated rings. The van der Waals surface area contributed by atoms with Crippen molar-refractivity contribution < 1.29 is 0 Å². The quantitative estimate of drug-likeness (QED) is 0.513. The summed E-state index contributed by atoms with van der Waals surface area (Å²) < 4.78 is 0. The summed E-state index contributed by atoms with van der Waals surface area (Å²) in [6.45, 7) is 5.22. The zero-order chi connectivity index (χ0) is 6.69. The van der Waals surface area contributed by atoms with E-state index in [-0.39, 0.29) is 0 Å². The van der Waals surface area contributed by atoms with Crippen molar-refractivity contribution in [3.63, 3.8) is 0 Å². The predicted octanol–water partition coefficient (Wildman–Crippen LogP) is 1.25. The SMILES string of the molecule is CC(C)N1CC=CC=N1. The number of nitrogens with zero attached hydrogens (tertiary/aromatic N) is 2. The molecule has 0 spiro atoms. The molecule has 9 heavy (non-hydrogen) atoms. The zero-order valence-corrected chi connectivity index (χ0v) is 5.91. The third kappa shape index (κ3) is 1.56. The first-order valence-electron chi connectivity index (χ1n) is 3.26. The van der Waals surface area contributed by atoms with E-state index in [0.717, 1.165) is 6.54 Å². The Balaban J connectivity index is 2.46. The smallest absolute Gasteiger partial charge is 0.0547 e. The van der Waals surface area contributed by atoms with Gasteiger partial charge in [0.1, 0.15) is 0 Å². The number of rotatable bonds is 1. The minimum absolute atomic E-state index is 0.520. The third-order valence-corrected chi connectivity index (χ3v) is 1.33. The molecule has 2 nitrogen and oxygen atoms in total. The fourth-order valence-corrected chi connectivity index (χ4v) is 0.745. The van der Waals surface area contributed by atoms with Crippen LogP contribution < -0.4 is 0 Å². The average Bonchev–Trinajstić information content (AvgIpc) is 1.90. The van der Waals surface area contributed by atoms with Crippen LogP contribution in [0.25, 0.3) is 0 Å². The normalized spacial score (nSPS) is 17.4. The molecule has 0 bridgehead atoms. The number of hydrogen-bond donors (Lipinski definition) is 0. The highest BCUT2D eigenvalue weighted by Crippen LogP contribution is 2.00. The lowest BCUT2D eigenvalue weighted by Gasteiger charge is -2.22. The van der Waals surface area contributed by atoms with Crippen molar-refractivity contribution in [2.45, 2.75) is 19.9 Å². The van der Waals surface area contributed by atoms with E-state index in [0.29, 0.717) is 6.04 Å². The van der Waals surface area contributed by atoms with Crippen LogP contribution in [0, 0.1) is 0 Å².